The molecule has 0 bridgehead atoms. The Kier molecular flexibility index (Phi) is 75.8. The molecule has 2 unspecified atom stereocenters. The molecule has 1 amide bonds. The van der Waals surface area contributed by atoms with Crippen LogP contribution in [0.1, 0.15) is 450 Å². The summed E-state index contributed by atoms with van der Waals surface area (Å²) in [5.41, 5.74) is 0. The maximum absolute atomic E-state index is 12.6. The van der Waals surface area contributed by atoms with Crippen LogP contribution in [0.3, 0.4) is 0 Å². The third-order valence-corrected chi connectivity index (χ3v) is 18.9. The van der Waals surface area contributed by atoms with Crippen LogP contribution < -0.4 is 5.32 Å². The van der Waals surface area contributed by atoms with Gasteiger partial charge in [0.25, 0.3) is 0 Å². The quantitative estimate of drug-likeness (QED) is 0.0320. The molecule has 0 aliphatic carbocycles. The second-order valence-electron chi connectivity index (χ2n) is 27.8. The van der Waals surface area contributed by atoms with Crippen LogP contribution in [-0.4, -0.2) is 47.4 Å². The van der Waals surface area contributed by atoms with Crippen molar-refractivity contribution in [3.8, 4) is 0 Å². The number of unbranched alkanes of at least 4 members (excludes halogenated alkanes) is 61. The third-order valence-electron chi connectivity index (χ3n) is 18.9. The van der Waals surface area contributed by atoms with Gasteiger partial charge in [-0.3, -0.25) is 9.59 Å². The number of nitrogens with one attached hydrogen (secondary N) is 1. The Morgan fingerprint density at radius 2 is 0.568 bits per heavy atom. The van der Waals surface area contributed by atoms with Crippen LogP contribution in [0.2, 0.25) is 0 Å². The summed E-state index contributed by atoms with van der Waals surface area (Å²) in [4.78, 5) is 24.6. The number of aliphatic hydroxyl groups is 2. The van der Waals surface area contributed by atoms with E-state index in [0.29, 0.717) is 19.4 Å². The molecule has 0 aromatic carbocycles. The molecule has 520 valence electrons. The van der Waals surface area contributed by atoms with Crippen molar-refractivity contribution >= 4 is 11.9 Å². The summed E-state index contributed by atoms with van der Waals surface area (Å²) in [6.45, 7) is 4.92. The SMILES string of the molecule is CCCCC/C=C\C/C=C\CCCCCCCC(=O)OCCCCCCCCCCCCCCCCCCCCCCCCCCCCCCCCCCCC(=O)NC(CO)C(O)/C=C/CCCCCCCCCCCCCCCCCCCCCCC. The fourth-order valence-corrected chi connectivity index (χ4v) is 12.8. The number of allylic oxidation sites excluding steroid dienone is 5. The summed E-state index contributed by atoms with van der Waals surface area (Å²) in [5.74, 6) is -0.0502. The van der Waals surface area contributed by atoms with Gasteiger partial charge in [-0.15, -0.1) is 0 Å². The van der Waals surface area contributed by atoms with Crippen LogP contribution in [-0.2, 0) is 14.3 Å². The number of amides is 1. The number of ether oxygens (including phenoxy) is 1. The molecule has 0 saturated heterocycles. The predicted octanol–water partition coefficient (Wildman–Crippen LogP) is 26.6. The minimum Gasteiger partial charge on any atom is -0.466 e. The van der Waals surface area contributed by atoms with Gasteiger partial charge in [-0.1, -0.05) is 410 Å². The van der Waals surface area contributed by atoms with E-state index in [1.807, 2.05) is 6.08 Å². The highest BCUT2D eigenvalue weighted by Crippen LogP contribution is 2.20. The molecular formula is C82H157NO5. The highest BCUT2D eigenvalue weighted by molar-refractivity contribution is 5.76. The fraction of sp³-hybridized carbons (Fsp3) is 0.902. The molecular weight excluding hydrogens is 1080 g/mol. The lowest BCUT2D eigenvalue weighted by Crippen LogP contribution is -2.45. The van der Waals surface area contributed by atoms with E-state index in [1.54, 1.807) is 6.08 Å². The molecule has 0 rings (SSSR count). The molecule has 0 saturated carbocycles. The maximum atomic E-state index is 12.6. The molecule has 0 heterocycles. The predicted molar refractivity (Wildman–Crippen MR) is 389 cm³/mol. The second-order valence-corrected chi connectivity index (χ2v) is 27.8. The second kappa shape index (κ2) is 77.5. The van der Waals surface area contributed by atoms with Crippen molar-refractivity contribution in [1.82, 2.24) is 5.32 Å². The van der Waals surface area contributed by atoms with Crippen LogP contribution >= 0.6 is 0 Å². The smallest absolute Gasteiger partial charge is 0.305 e. The molecule has 88 heavy (non-hydrogen) atoms. The first-order valence-electron chi connectivity index (χ1n) is 40.3. The van der Waals surface area contributed by atoms with Crippen molar-refractivity contribution in [2.45, 2.75) is 463 Å². The summed E-state index contributed by atoms with van der Waals surface area (Å²) >= 11 is 0. The molecule has 0 aromatic rings. The molecule has 0 aliphatic heterocycles. The molecule has 0 aliphatic rings. The zero-order chi connectivity index (χ0) is 63.5. The molecule has 6 nitrogen and oxygen atoms in total. The van der Waals surface area contributed by atoms with Gasteiger partial charge in [0.1, 0.15) is 0 Å². The first kappa shape index (κ1) is 86.1. The van der Waals surface area contributed by atoms with E-state index in [-0.39, 0.29) is 18.5 Å². The lowest BCUT2D eigenvalue weighted by Gasteiger charge is -2.20. The number of carbonyl (C=O) groups is 2. The van der Waals surface area contributed by atoms with Crippen molar-refractivity contribution in [3.05, 3.63) is 36.5 Å². The van der Waals surface area contributed by atoms with Crippen LogP contribution in [0, 0.1) is 0 Å². The van der Waals surface area contributed by atoms with Gasteiger partial charge in [0.15, 0.2) is 0 Å². The monoisotopic (exact) mass is 1240 g/mol. The van der Waals surface area contributed by atoms with Crippen molar-refractivity contribution < 1.29 is 24.5 Å². The Labute approximate surface area is 551 Å². The zero-order valence-corrected chi connectivity index (χ0v) is 59.7. The van der Waals surface area contributed by atoms with Crippen molar-refractivity contribution in [1.29, 1.82) is 0 Å². The highest BCUT2D eigenvalue weighted by Gasteiger charge is 2.18. The average molecular weight is 1240 g/mol. The normalized spacial score (nSPS) is 12.6. The zero-order valence-electron chi connectivity index (χ0n) is 59.7. The van der Waals surface area contributed by atoms with E-state index < -0.39 is 12.1 Å². The van der Waals surface area contributed by atoms with E-state index >= 15 is 0 Å². The summed E-state index contributed by atoms with van der Waals surface area (Å²) in [7, 11) is 0. The lowest BCUT2D eigenvalue weighted by atomic mass is 10.0. The Bertz CT molecular complexity index is 1430. The highest BCUT2D eigenvalue weighted by atomic mass is 16.5. The topological polar surface area (TPSA) is 95.9 Å². The Morgan fingerprint density at radius 3 is 0.886 bits per heavy atom. The van der Waals surface area contributed by atoms with Gasteiger partial charge in [-0.25, -0.2) is 0 Å². The summed E-state index contributed by atoms with van der Waals surface area (Å²) in [5, 5.41) is 23.3. The number of rotatable bonds is 76. The van der Waals surface area contributed by atoms with Gasteiger partial charge >= 0.3 is 5.97 Å². The lowest BCUT2D eigenvalue weighted by molar-refractivity contribution is -0.143. The van der Waals surface area contributed by atoms with E-state index in [9.17, 15) is 19.8 Å². The Hall–Kier alpha value is -1.92. The van der Waals surface area contributed by atoms with E-state index in [2.05, 4.69) is 43.5 Å². The molecule has 0 spiro atoms. The van der Waals surface area contributed by atoms with Gasteiger partial charge in [-0.2, -0.15) is 0 Å². The third kappa shape index (κ3) is 73.1. The molecule has 0 radical (unpaired) electrons. The van der Waals surface area contributed by atoms with E-state index in [4.69, 9.17) is 4.74 Å². The van der Waals surface area contributed by atoms with E-state index in [1.165, 1.54) is 372 Å². The minimum atomic E-state index is -0.843. The van der Waals surface area contributed by atoms with Gasteiger partial charge in [0.05, 0.1) is 25.4 Å². The van der Waals surface area contributed by atoms with Crippen LogP contribution in [0.25, 0.3) is 0 Å². The Morgan fingerprint density at radius 1 is 0.318 bits per heavy atom. The van der Waals surface area contributed by atoms with Crippen molar-refractivity contribution in [2.24, 2.45) is 0 Å². The van der Waals surface area contributed by atoms with Crippen LogP contribution in [0.5, 0.6) is 0 Å². The van der Waals surface area contributed by atoms with Gasteiger partial charge < -0.3 is 20.3 Å². The number of hydrogen-bond acceptors (Lipinski definition) is 5. The Balaban J connectivity index is 3.35. The molecule has 2 atom stereocenters. The fourth-order valence-electron chi connectivity index (χ4n) is 12.8. The minimum absolute atomic E-state index is 0.00809. The maximum Gasteiger partial charge on any atom is 0.305 e. The molecule has 0 fully saturated rings. The van der Waals surface area contributed by atoms with Gasteiger partial charge in [0, 0.05) is 12.8 Å². The summed E-state index contributed by atoms with van der Waals surface area (Å²) in [6, 6.07) is -0.626. The first-order chi connectivity index (χ1) is 43.5. The summed E-state index contributed by atoms with van der Waals surface area (Å²) in [6.07, 6.45) is 101. The molecule has 3 N–H and O–H groups in total. The van der Waals surface area contributed by atoms with Gasteiger partial charge in [-0.05, 0) is 64.2 Å². The number of carbonyl (C=O) groups excluding carboxylic acids is 2. The van der Waals surface area contributed by atoms with Crippen LogP contribution in [0.4, 0.5) is 0 Å². The van der Waals surface area contributed by atoms with Gasteiger partial charge in [0.2, 0.25) is 5.91 Å². The standard InChI is InChI=1S/C82H157NO5/c1-3-5-7-9-11-13-15-17-19-20-21-22-34-37-40-43-47-50-54-58-62-66-70-74-80(85)79(78-84)83-81(86)75-71-67-63-59-55-51-48-44-41-38-35-32-30-28-26-24-23-25-27-29-31-33-36-39-42-45-49-53-57-61-65-69-73-77-88-82(87)76-72-68-64-60-56-52-46-18-16-14-12-10-8-6-4-2/h12,14,18,46,70,74,79-80,84-85H,3-11,13,15-17,19-45,47-69,71-73,75-78H2,1-2H3,(H,83,86)/b14-12-,46-18-,74-70+. The number of esters is 1. The largest absolute Gasteiger partial charge is 0.466 e. The average Bonchev–Trinajstić information content (AvgIpc) is 3.58. The number of hydrogen-bond donors (Lipinski definition) is 3. The van der Waals surface area contributed by atoms with Crippen LogP contribution in [0.15, 0.2) is 36.5 Å². The van der Waals surface area contributed by atoms with E-state index in [0.717, 1.165) is 51.4 Å². The van der Waals surface area contributed by atoms with Crippen molar-refractivity contribution in [3.63, 3.8) is 0 Å². The first-order valence-corrected chi connectivity index (χ1v) is 40.3. The molecule has 0 aromatic heterocycles. The van der Waals surface area contributed by atoms with Crippen molar-refractivity contribution in [2.75, 3.05) is 13.2 Å². The summed E-state index contributed by atoms with van der Waals surface area (Å²) < 4.78 is 5.49. The number of aliphatic hydroxyl groups excluding tert-OH is 2. The molecule has 6 heteroatoms.